The molecular formula is C15H28N2O3. The van der Waals surface area contributed by atoms with Gasteiger partial charge in [-0.25, -0.2) is 4.79 Å². The van der Waals surface area contributed by atoms with Gasteiger partial charge >= 0.3 is 6.09 Å². The fraction of sp³-hybridized carbons (Fsp3) is 0.867. The van der Waals surface area contributed by atoms with Crippen molar-refractivity contribution in [3.63, 3.8) is 0 Å². The Balaban J connectivity index is 2.81. The molecule has 1 aliphatic rings. The van der Waals surface area contributed by atoms with Gasteiger partial charge in [0.05, 0.1) is 0 Å². The van der Waals surface area contributed by atoms with E-state index < -0.39 is 5.60 Å². The quantitative estimate of drug-likeness (QED) is 0.800. The van der Waals surface area contributed by atoms with E-state index in [9.17, 15) is 9.59 Å². The van der Waals surface area contributed by atoms with Crippen molar-refractivity contribution in [2.75, 3.05) is 19.6 Å². The third-order valence-corrected chi connectivity index (χ3v) is 3.49. The normalized spacial score (nSPS) is 19.6. The number of likely N-dealkylation sites (tertiary alicyclic amines) is 1. The molecule has 1 unspecified atom stereocenters. The van der Waals surface area contributed by atoms with Gasteiger partial charge in [-0.2, -0.15) is 0 Å². The first-order valence-corrected chi connectivity index (χ1v) is 7.58. The topological polar surface area (TPSA) is 49.9 Å². The van der Waals surface area contributed by atoms with Crippen LogP contribution in [0.2, 0.25) is 0 Å². The van der Waals surface area contributed by atoms with Crippen LogP contribution in [0.1, 0.15) is 53.9 Å². The molecule has 2 amide bonds. The summed E-state index contributed by atoms with van der Waals surface area (Å²) in [6.45, 7) is 11.4. The summed E-state index contributed by atoms with van der Waals surface area (Å²) in [6.07, 6.45) is 2.27. The largest absolute Gasteiger partial charge is 0.444 e. The van der Waals surface area contributed by atoms with Crippen LogP contribution in [0.3, 0.4) is 0 Å². The minimum absolute atomic E-state index is 0.0422. The number of amides is 2. The van der Waals surface area contributed by atoms with Crippen LogP contribution in [0.5, 0.6) is 0 Å². The van der Waals surface area contributed by atoms with Crippen molar-refractivity contribution in [1.82, 2.24) is 9.80 Å². The lowest BCUT2D eigenvalue weighted by atomic mass is 10.0. The van der Waals surface area contributed by atoms with E-state index in [1.807, 2.05) is 34.6 Å². The number of nitrogens with zero attached hydrogens (tertiary/aromatic N) is 2. The van der Waals surface area contributed by atoms with E-state index in [1.54, 1.807) is 9.80 Å². The molecule has 0 aromatic heterocycles. The Bertz CT molecular complexity index is 346. The smallest absolute Gasteiger partial charge is 0.410 e. The minimum atomic E-state index is -0.530. The van der Waals surface area contributed by atoms with E-state index in [2.05, 4.69) is 0 Å². The summed E-state index contributed by atoms with van der Waals surface area (Å²) >= 11 is 0. The van der Waals surface area contributed by atoms with Crippen LogP contribution < -0.4 is 0 Å². The van der Waals surface area contributed by atoms with Crippen LogP contribution in [-0.4, -0.2) is 53.1 Å². The summed E-state index contributed by atoms with van der Waals surface area (Å²) in [6, 6.07) is -0.363. The lowest BCUT2D eigenvalue weighted by Crippen LogP contribution is -2.54. The number of carbonyl (C=O) groups excluding carboxylic acids is 2. The summed E-state index contributed by atoms with van der Waals surface area (Å²) in [5.41, 5.74) is -0.530. The summed E-state index contributed by atoms with van der Waals surface area (Å²) in [5.74, 6) is 0.0422. The zero-order chi connectivity index (χ0) is 15.3. The van der Waals surface area contributed by atoms with Gasteiger partial charge in [0.1, 0.15) is 11.6 Å². The van der Waals surface area contributed by atoms with Gasteiger partial charge in [-0.1, -0.05) is 0 Å². The first-order valence-electron chi connectivity index (χ1n) is 7.58. The average Bonchev–Trinajstić information content (AvgIpc) is 2.38. The van der Waals surface area contributed by atoms with Gasteiger partial charge in [0.2, 0.25) is 5.91 Å². The van der Waals surface area contributed by atoms with E-state index >= 15 is 0 Å². The van der Waals surface area contributed by atoms with Gasteiger partial charge in [-0.3, -0.25) is 9.69 Å². The Morgan fingerprint density at radius 1 is 1.20 bits per heavy atom. The molecule has 1 rings (SSSR count). The van der Waals surface area contributed by atoms with Crippen molar-refractivity contribution in [3.8, 4) is 0 Å². The molecule has 116 valence electrons. The first-order chi connectivity index (χ1) is 9.30. The van der Waals surface area contributed by atoms with Crippen molar-refractivity contribution >= 4 is 12.0 Å². The van der Waals surface area contributed by atoms with Crippen LogP contribution in [0, 0.1) is 0 Å². The third kappa shape index (κ3) is 4.39. The molecule has 0 aromatic rings. The van der Waals surface area contributed by atoms with Gasteiger partial charge in [0.25, 0.3) is 0 Å². The van der Waals surface area contributed by atoms with Crippen LogP contribution in [0.25, 0.3) is 0 Å². The fourth-order valence-electron chi connectivity index (χ4n) is 2.47. The van der Waals surface area contributed by atoms with Gasteiger partial charge < -0.3 is 9.64 Å². The maximum absolute atomic E-state index is 12.5. The molecule has 1 atom stereocenters. The molecule has 20 heavy (non-hydrogen) atoms. The Labute approximate surface area is 122 Å². The van der Waals surface area contributed by atoms with Crippen LogP contribution in [0.4, 0.5) is 4.79 Å². The SMILES string of the molecule is CCN(CC)C(=O)C1CCCCN1C(=O)OC(C)(C)C. The predicted molar refractivity (Wildman–Crippen MR) is 78.5 cm³/mol. The van der Waals surface area contributed by atoms with Gasteiger partial charge in [-0.05, 0) is 53.9 Å². The van der Waals surface area contributed by atoms with Gasteiger partial charge in [-0.15, -0.1) is 0 Å². The summed E-state index contributed by atoms with van der Waals surface area (Å²) in [5, 5.41) is 0. The van der Waals surface area contributed by atoms with E-state index in [0.29, 0.717) is 19.6 Å². The van der Waals surface area contributed by atoms with Gasteiger partial charge in [0.15, 0.2) is 0 Å². The Morgan fingerprint density at radius 2 is 1.80 bits per heavy atom. The molecule has 1 aliphatic heterocycles. The van der Waals surface area contributed by atoms with Gasteiger partial charge in [0, 0.05) is 19.6 Å². The monoisotopic (exact) mass is 284 g/mol. The van der Waals surface area contributed by atoms with E-state index in [-0.39, 0.29) is 18.0 Å². The molecule has 5 heteroatoms. The summed E-state index contributed by atoms with van der Waals surface area (Å²) in [7, 11) is 0. The highest BCUT2D eigenvalue weighted by molar-refractivity contribution is 5.86. The Morgan fingerprint density at radius 3 is 2.30 bits per heavy atom. The van der Waals surface area contributed by atoms with Crippen molar-refractivity contribution in [1.29, 1.82) is 0 Å². The summed E-state index contributed by atoms with van der Waals surface area (Å²) in [4.78, 5) is 28.2. The standard InChI is InChI=1S/C15H28N2O3/c1-6-16(7-2)13(18)12-10-8-9-11-17(12)14(19)20-15(3,4)5/h12H,6-11H2,1-5H3. The number of hydrogen-bond donors (Lipinski definition) is 0. The van der Waals surface area contributed by atoms with Crippen molar-refractivity contribution < 1.29 is 14.3 Å². The Hall–Kier alpha value is -1.26. The zero-order valence-corrected chi connectivity index (χ0v) is 13.4. The van der Waals surface area contributed by atoms with Crippen molar-refractivity contribution in [2.24, 2.45) is 0 Å². The van der Waals surface area contributed by atoms with Crippen molar-refractivity contribution in [3.05, 3.63) is 0 Å². The lowest BCUT2D eigenvalue weighted by molar-refractivity contribution is -0.137. The maximum Gasteiger partial charge on any atom is 0.410 e. The zero-order valence-electron chi connectivity index (χ0n) is 13.4. The molecule has 1 fully saturated rings. The molecule has 0 bridgehead atoms. The highest BCUT2D eigenvalue weighted by Gasteiger charge is 2.36. The first kappa shape index (κ1) is 16.8. The molecule has 0 saturated carbocycles. The van der Waals surface area contributed by atoms with E-state index in [4.69, 9.17) is 4.74 Å². The number of rotatable bonds is 3. The number of carbonyl (C=O) groups is 2. The minimum Gasteiger partial charge on any atom is -0.444 e. The molecular weight excluding hydrogens is 256 g/mol. The highest BCUT2D eigenvalue weighted by Crippen LogP contribution is 2.22. The number of likely N-dealkylation sites (N-methyl/N-ethyl adjacent to an activating group) is 1. The molecule has 0 spiro atoms. The van der Waals surface area contributed by atoms with E-state index in [0.717, 1.165) is 19.3 Å². The fourth-order valence-corrected chi connectivity index (χ4v) is 2.47. The predicted octanol–water partition coefficient (Wildman–Crippen LogP) is 2.64. The van der Waals surface area contributed by atoms with E-state index in [1.165, 1.54) is 0 Å². The van der Waals surface area contributed by atoms with Crippen LogP contribution in [0.15, 0.2) is 0 Å². The third-order valence-electron chi connectivity index (χ3n) is 3.49. The molecule has 0 N–H and O–H groups in total. The van der Waals surface area contributed by atoms with Crippen LogP contribution >= 0.6 is 0 Å². The number of ether oxygens (including phenoxy) is 1. The summed E-state index contributed by atoms with van der Waals surface area (Å²) < 4.78 is 5.42. The number of piperidine rings is 1. The second kappa shape index (κ2) is 6.95. The molecule has 5 nitrogen and oxygen atoms in total. The molecule has 1 heterocycles. The number of hydrogen-bond acceptors (Lipinski definition) is 3. The average molecular weight is 284 g/mol. The lowest BCUT2D eigenvalue weighted by Gasteiger charge is -2.37. The van der Waals surface area contributed by atoms with Crippen LogP contribution in [-0.2, 0) is 9.53 Å². The molecule has 0 aliphatic carbocycles. The molecule has 0 aromatic carbocycles. The highest BCUT2D eigenvalue weighted by atomic mass is 16.6. The second-order valence-electron chi connectivity index (χ2n) is 6.20. The maximum atomic E-state index is 12.5. The van der Waals surface area contributed by atoms with Crippen molar-refractivity contribution in [2.45, 2.75) is 65.5 Å². The second-order valence-corrected chi connectivity index (χ2v) is 6.20. The molecule has 1 saturated heterocycles. The Kier molecular flexibility index (Phi) is 5.84. The molecule has 0 radical (unpaired) electrons.